The Morgan fingerprint density at radius 1 is 1.38 bits per heavy atom. The van der Waals surface area contributed by atoms with Crippen molar-refractivity contribution in [2.45, 2.75) is 33.7 Å². The quantitative estimate of drug-likeness (QED) is 0.798. The summed E-state index contributed by atoms with van der Waals surface area (Å²) in [6.07, 6.45) is 3.91. The molecule has 0 aliphatic rings. The Kier molecular flexibility index (Phi) is 2.50. The van der Waals surface area contributed by atoms with Gasteiger partial charge in [0.05, 0.1) is 17.9 Å². The Labute approximate surface area is 96.3 Å². The van der Waals surface area contributed by atoms with Crippen molar-refractivity contribution < 1.29 is 0 Å². The first-order valence-corrected chi connectivity index (χ1v) is 5.59. The van der Waals surface area contributed by atoms with Gasteiger partial charge < -0.3 is 10.1 Å². The molecule has 0 saturated carbocycles. The number of pyridine rings is 1. The average Bonchev–Trinajstić information content (AvgIpc) is 2.60. The van der Waals surface area contributed by atoms with E-state index in [9.17, 15) is 0 Å². The molecule has 2 aromatic heterocycles. The minimum Gasteiger partial charge on any atom is -0.322 e. The third-order valence-corrected chi connectivity index (χ3v) is 3.01. The molecule has 2 rings (SSSR count). The van der Waals surface area contributed by atoms with E-state index < -0.39 is 0 Å². The minimum absolute atomic E-state index is 0.00991. The van der Waals surface area contributed by atoms with Crippen LogP contribution >= 0.6 is 0 Å². The molecule has 0 unspecified atom stereocenters. The molecule has 0 saturated heterocycles. The molecule has 2 N–H and O–H groups in total. The van der Waals surface area contributed by atoms with Gasteiger partial charge in [-0.3, -0.25) is 0 Å². The first-order chi connectivity index (χ1) is 7.41. The number of aryl methyl sites for hydroxylation is 1. The van der Waals surface area contributed by atoms with Gasteiger partial charge in [-0.05, 0) is 24.0 Å². The standard InChI is InChI=1S/C13H19N3/c1-9-6-5-7-16-10(8-15-12(9)16)11(14)13(2,3)4/h5-8,11H,14H2,1-4H3/t11-/m1/s1. The first kappa shape index (κ1) is 11.1. The van der Waals surface area contributed by atoms with Crippen LogP contribution in [0.25, 0.3) is 5.65 Å². The second-order valence-electron chi connectivity index (χ2n) is 5.41. The molecule has 0 bridgehead atoms. The van der Waals surface area contributed by atoms with Crippen LogP contribution in [-0.4, -0.2) is 9.38 Å². The van der Waals surface area contributed by atoms with Crippen LogP contribution in [0.4, 0.5) is 0 Å². The summed E-state index contributed by atoms with van der Waals surface area (Å²) < 4.78 is 2.09. The Hall–Kier alpha value is -1.35. The lowest BCUT2D eigenvalue weighted by molar-refractivity contribution is 0.320. The van der Waals surface area contributed by atoms with Crippen molar-refractivity contribution in [1.29, 1.82) is 0 Å². The summed E-state index contributed by atoms with van der Waals surface area (Å²) in [5.41, 5.74) is 9.56. The molecule has 0 radical (unpaired) electrons. The number of nitrogens with two attached hydrogens (primary N) is 1. The van der Waals surface area contributed by atoms with Gasteiger partial charge in [0.2, 0.25) is 0 Å². The fourth-order valence-corrected chi connectivity index (χ4v) is 1.84. The van der Waals surface area contributed by atoms with Gasteiger partial charge in [-0.2, -0.15) is 0 Å². The molecule has 2 heterocycles. The molecule has 0 aliphatic heterocycles. The molecular weight excluding hydrogens is 198 g/mol. The van der Waals surface area contributed by atoms with E-state index in [2.05, 4.69) is 43.1 Å². The van der Waals surface area contributed by atoms with E-state index in [0.717, 1.165) is 11.3 Å². The van der Waals surface area contributed by atoms with Crippen molar-refractivity contribution in [2.24, 2.45) is 11.1 Å². The lowest BCUT2D eigenvalue weighted by atomic mass is 9.86. The molecule has 0 amide bonds. The number of hydrogen-bond donors (Lipinski definition) is 1. The highest BCUT2D eigenvalue weighted by Gasteiger charge is 2.25. The molecule has 0 fully saturated rings. The van der Waals surface area contributed by atoms with E-state index in [4.69, 9.17) is 5.73 Å². The van der Waals surface area contributed by atoms with Gasteiger partial charge in [0.15, 0.2) is 0 Å². The zero-order chi connectivity index (χ0) is 11.9. The maximum absolute atomic E-state index is 6.27. The van der Waals surface area contributed by atoms with E-state index in [1.54, 1.807) is 0 Å². The van der Waals surface area contributed by atoms with Crippen molar-refractivity contribution in [2.75, 3.05) is 0 Å². The predicted octanol–water partition coefficient (Wildman–Crippen LogP) is 2.69. The zero-order valence-electron chi connectivity index (χ0n) is 10.4. The van der Waals surface area contributed by atoms with Crippen LogP contribution in [0, 0.1) is 12.3 Å². The first-order valence-electron chi connectivity index (χ1n) is 5.59. The van der Waals surface area contributed by atoms with E-state index in [1.165, 1.54) is 5.56 Å². The molecule has 2 aromatic rings. The summed E-state index contributed by atoms with van der Waals surface area (Å²) in [6, 6.07) is 4.08. The molecule has 86 valence electrons. The highest BCUT2D eigenvalue weighted by atomic mass is 15.0. The fourth-order valence-electron chi connectivity index (χ4n) is 1.84. The number of nitrogens with zero attached hydrogens (tertiary/aromatic N) is 2. The van der Waals surface area contributed by atoms with E-state index >= 15 is 0 Å². The maximum Gasteiger partial charge on any atom is 0.139 e. The van der Waals surface area contributed by atoms with E-state index in [-0.39, 0.29) is 11.5 Å². The second-order valence-corrected chi connectivity index (χ2v) is 5.41. The highest BCUT2D eigenvalue weighted by molar-refractivity contribution is 5.48. The van der Waals surface area contributed by atoms with Crippen molar-refractivity contribution in [3.8, 4) is 0 Å². The Balaban J connectivity index is 2.59. The van der Waals surface area contributed by atoms with Crippen LogP contribution in [0.3, 0.4) is 0 Å². The highest BCUT2D eigenvalue weighted by Crippen LogP contribution is 2.30. The van der Waals surface area contributed by atoms with Gasteiger partial charge in [0.25, 0.3) is 0 Å². The van der Waals surface area contributed by atoms with Gasteiger partial charge >= 0.3 is 0 Å². The molecule has 1 atom stereocenters. The fraction of sp³-hybridized carbons (Fsp3) is 0.462. The molecule has 3 heteroatoms. The van der Waals surface area contributed by atoms with Crippen molar-refractivity contribution in [3.63, 3.8) is 0 Å². The Bertz CT molecular complexity index is 505. The van der Waals surface area contributed by atoms with Crippen LogP contribution < -0.4 is 5.73 Å². The van der Waals surface area contributed by atoms with Gasteiger partial charge in [-0.15, -0.1) is 0 Å². The topological polar surface area (TPSA) is 43.3 Å². The van der Waals surface area contributed by atoms with Crippen LogP contribution in [0.2, 0.25) is 0 Å². The largest absolute Gasteiger partial charge is 0.322 e. The number of rotatable bonds is 1. The molecule has 16 heavy (non-hydrogen) atoms. The normalized spacial score (nSPS) is 14.3. The predicted molar refractivity (Wildman–Crippen MR) is 66.3 cm³/mol. The molecule has 0 aromatic carbocycles. The smallest absolute Gasteiger partial charge is 0.139 e. The lowest BCUT2D eigenvalue weighted by Gasteiger charge is -2.26. The SMILES string of the molecule is Cc1cccn2c([C@@H](N)C(C)(C)C)cnc12. The summed E-state index contributed by atoms with van der Waals surface area (Å²) in [7, 11) is 0. The summed E-state index contributed by atoms with van der Waals surface area (Å²) in [4.78, 5) is 4.44. The van der Waals surface area contributed by atoms with E-state index in [0.29, 0.717) is 0 Å². The lowest BCUT2D eigenvalue weighted by Crippen LogP contribution is -2.27. The minimum atomic E-state index is -0.00991. The third kappa shape index (κ3) is 1.71. The average molecular weight is 217 g/mol. The van der Waals surface area contributed by atoms with Gasteiger partial charge in [0.1, 0.15) is 5.65 Å². The molecular formula is C13H19N3. The summed E-state index contributed by atoms with van der Waals surface area (Å²) in [5.74, 6) is 0. The van der Waals surface area contributed by atoms with Crippen molar-refractivity contribution in [1.82, 2.24) is 9.38 Å². The Morgan fingerprint density at radius 2 is 2.06 bits per heavy atom. The summed E-state index contributed by atoms with van der Waals surface area (Å²) in [5, 5.41) is 0. The number of hydrogen-bond acceptors (Lipinski definition) is 2. The molecule has 3 nitrogen and oxygen atoms in total. The van der Waals surface area contributed by atoms with Crippen LogP contribution in [0.5, 0.6) is 0 Å². The van der Waals surface area contributed by atoms with Crippen LogP contribution in [0.1, 0.15) is 38.1 Å². The van der Waals surface area contributed by atoms with Crippen LogP contribution in [0.15, 0.2) is 24.5 Å². The third-order valence-electron chi connectivity index (χ3n) is 3.01. The van der Waals surface area contributed by atoms with Crippen molar-refractivity contribution in [3.05, 3.63) is 35.8 Å². The Morgan fingerprint density at radius 3 is 2.69 bits per heavy atom. The second kappa shape index (κ2) is 3.59. The maximum atomic E-state index is 6.27. The number of fused-ring (bicyclic) bond motifs is 1. The molecule has 0 aliphatic carbocycles. The van der Waals surface area contributed by atoms with E-state index in [1.807, 2.05) is 18.5 Å². The van der Waals surface area contributed by atoms with Gasteiger partial charge in [-0.25, -0.2) is 4.98 Å². The summed E-state index contributed by atoms with van der Waals surface area (Å²) in [6.45, 7) is 8.50. The van der Waals surface area contributed by atoms with Gasteiger partial charge in [-0.1, -0.05) is 26.8 Å². The number of aromatic nitrogens is 2. The summed E-state index contributed by atoms with van der Waals surface area (Å²) >= 11 is 0. The monoisotopic (exact) mass is 217 g/mol. The van der Waals surface area contributed by atoms with Crippen LogP contribution in [-0.2, 0) is 0 Å². The molecule has 0 spiro atoms. The van der Waals surface area contributed by atoms with Crippen molar-refractivity contribution >= 4 is 5.65 Å². The number of imidazole rings is 1. The van der Waals surface area contributed by atoms with Gasteiger partial charge in [0, 0.05) is 6.20 Å². The zero-order valence-corrected chi connectivity index (χ0v) is 10.4.